The van der Waals surface area contributed by atoms with Crippen LogP contribution in [0.3, 0.4) is 0 Å². The van der Waals surface area contributed by atoms with Crippen LogP contribution in [0.1, 0.15) is 24.0 Å². The highest BCUT2D eigenvalue weighted by Gasteiger charge is 2.24. The molecule has 1 fully saturated rings. The molecule has 2 aromatic rings. The van der Waals surface area contributed by atoms with Crippen LogP contribution in [-0.4, -0.2) is 31.4 Å². The van der Waals surface area contributed by atoms with Gasteiger partial charge < -0.3 is 20.3 Å². The molecule has 0 aliphatic carbocycles. The number of benzene rings is 2. The van der Waals surface area contributed by atoms with Crippen LogP contribution in [0.4, 0.5) is 17.1 Å². The molecule has 7 nitrogen and oxygen atoms in total. The molecule has 0 spiro atoms. The van der Waals surface area contributed by atoms with Crippen LogP contribution >= 0.6 is 0 Å². The lowest BCUT2D eigenvalue weighted by molar-refractivity contribution is -0.133. The van der Waals surface area contributed by atoms with Gasteiger partial charge in [0, 0.05) is 24.3 Å². The lowest BCUT2D eigenvalue weighted by Gasteiger charge is -2.19. The van der Waals surface area contributed by atoms with Crippen LogP contribution in [0.15, 0.2) is 36.4 Å². The zero-order chi connectivity index (χ0) is 20.3. The van der Waals surface area contributed by atoms with Gasteiger partial charge in [-0.3, -0.25) is 14.4 Å². The van der Waals surface area contributed by atoms with Gasteiger partial charge in [-0.2, -0.15) is 0 Å². The van der Waals surface area contributed by atoms with Gasteiger partial charge in [-0.25, -0.2) is 0 Å². The zero-order valence-corrected chi connectivity index (χ0v) is 16.2. The highest BCUT2D eigenvalue weighted by Crippen LogP contribution is 2.28. The van der Waals surface area contributed by atoms with Crippen molar-refractivity contribution in [2.75, 3.05) is 29.2 Å². The molecule has 0 radical (unpaired) electrons. The highest BCUT2D eigenvalue weighted by molar-refractivity contribution is 6.43. The predicted molar refractivity (Wildman–Crippen MR) is 108 cm³/mol. The highest BCUT2D eigenvalue weighted by atomic mass is 16.5. The molecule has 2 N–H and O–H groups in total. The van der Waals surface area contributed by atoms with Crippen molar-refractivity contribution in [1.29, 1.82) is 0 Å². The maximum Gasteiger partial charge on any atom is 0.314 e. The number of rotatable bonds is 4. The molecular weight excluding hydrogens is 358 g/mol. The van der Waals surface area contributed by atoms with E-state index in [1.807, 2.05) is 26.0 Å². The van der Waals surface area contributed by atoms with Gasteiger partial charge in [-0.1, -0.05) is 12.1 Å². The quantitative estimate of drug-likeness (QED) is 0.797. The van der Waals surface area contributed by atoms with Crippen LogP contribution < -0.4 is 20.3 Å². The van der Waals surface area contributed by atoms with Gasteiger partial charge in [-0.05, 0) is 55.7 Å². The number of anilines is 3. The SMILES string of the molecule is COc1ccc(C)cc1NC(=O)C(=O)Nc1ccc(C)c(N2CCCC2=O)c1. The van der Waals surface area contributed by atoms with Gasteiger partial charge in [0.05, 0.1) is 12.8 Å². The molecule has 1 saturated heterocycles. The molecule has 1 heterocycles. The lowest BCUT2D eigenvalue weighted by atomic mass is 10.1. The van der Waals surface area contributed by atoms with Crippen molar-refractivity contribution in [1.82, 2.24) is 0 Å². The first-order valence-corrected chi connectivity index (χ1v) is 9.07. The molecule has 28 heavy (non-hydrogen) atoms. The van der Waals surface area contributed by atoms with Crippen molar-refractivity contribution >= 4 is 34.8 Å². The number of hydrogen-bond acceptors (Lipinski definition) is 4. The fourth-order valence-electron chi connectivity index (χ4n) is 3.17. The van der Waals surface area contributed by atoms with Crippen molar-refractivity contribution in [2.24, 2.45) is 0 Å². The second-order valence-corrected chi connectivity index (χ2v) is 6.76. The van der Waals surface area contributed by atoms with Crippen LogP contribution in [0.25, 0.3) is 0 Å². The summed E-state index contributed by atoms with van der Waals surface area (Å²) in [6.45, 7) is 4.44. The molecule has 2 aromatic carbocycles. The number of carbonyl (C=O) groups excluding carboxylic acids is 3. The zero-order valence-electron chi connectivity index (χ0n) is 16.2. The fourth-order valence-corrected chi connectivity index (χ4v) is 3.17. The smallest absolute Gasteiger partial charge is 0.314 e. The van der Waals surface area contributed by atoms with E-state index in [1.54, 1.807) is 29.2 Å². The first-order valence-electron chi connectivity index (χ1n) is 9.07. The van der Waals surface area contributed by atoms with E-state index in [4.69, 9.17) is 4.74 Å². The monoisotopic (exact) mass is 381 g/mol. The topological polar surface area (TPSA) is 87.7 Å². The molecule has 146 valence electrons. The Hall–Kier alpha value is -3.35. The number of hydrogen-bond donors (Lipinski definition) is 2. The number of nitrogens with one attached hydrogen (secondary N) is 2. The third-order valence-corrected chi connectivity index (χ3v) is 4.64. The lowest BCUT2D eigenvalue weighted by Crippen LogP contribution is -2.29. The average Bonchev–Trinajstić information content (AvgIpc) is 3.09. The molecule has 1 aliphatic heterocycles. The van der Waals surface area contributed by atoms with Crippen molar-refractivity contribution in [3.8, 4) is 5.75 Å². The van der Waals surface area contributed by atoms with E-state index in [9.17, 15) is 14.4 Å². The third kappa shape index (κ3) is 4.14. The minimum absolute atomic E-state index is 0.0656. The second kappa shape index (κ2) is 8.12. The van der Waals surface area contributed by atoms with E-state index < -0.39 is 11.8 Å². The Morgan fingerprint density at radius 2 is 1.79 bits per heavy atom. The normalized spacial score (nSPS) is 13.4. The largest absolute Gasteiger partial charge is 0.495 e. The number of amides is 3. The summed E-state index contributed by atoms with van der Waals surface area (Å²) in [7, 11) is 1.49. The Balaban J connectivity index is 1.73. The maximum absolute atomic E-state index is 12.3. The molecule has 0 saturated carbocycles. The minimum atomic E-state index is -0.803. The maximum atomic E-state index is 12.3. The van der Waals surface area contributed by atoms with Crippen molar-refractivity contribution in [2.45, 2.75) is 26.7 Å². The van der Waals surface area contributed by atoms with Gasteiger partial charge in [0.1, 0.15) is 5.75 Å². The van der Waals surface area contributed by atoms with E-state index in [0.717, 1.165) is 23.2 Å². The van der Waals surface area contributed by atoms with Crippen molar-refractivity contribution in [3.05, 3.63) is 47.5 Å². The Bertz CT molecular complexity index is 939. The summed E-state index contributed by atoms with van der Waals surface area (Å²) in [4.78, 5) is 38.4. The molecule has 7 heteroatoms. The van der Waals surface area contributed by atoms with Gasteiger partial charge in [0.25, 0.3) is 0 Å². The fraction of sp³-hybridized carbons (Fsp3) is 0.286. The van der Waals surface area contributed by atoms with Crippen molar-refractivity contribution in [3.63, 3.8) is 0 Å². The number of methoxy groups -OCH3 is 1. The van der Waals surface area contributed by atoms with Gasteiger partial charge >= 0.3 is 11.8 Å². The molecule has 3 rings (SSSR count). The summed E-state index contributed by atoms with van der Waals surface area (Å²) in [5.74, 6) is -1.07. The Morgan fingerprint density at radius 1 is 1.04 bits per heavy atom. The summed E-state index contributed by atoms with van der Waals surface area (Å²) < 4.78 is 5.21. The number of aryl methyl sites for hydroxylation is 2. The van der Waals surface area contributed by atoms with E-state index in [0.29, 0.717) is 30.1 Å². The molecule has 0 unspecified atom stereocenters. The predicted octanol–water partition coefficient (Wildman–Crippen LogP) is 3.02. The number of nitrogens with zero attached hydrogens (tertiary/aromatic N) is 1. The summed E-state index contributed by atoms with van der Waals surface area (Å²) in [5.41, 5.74) is 3.49. The molecule has 1 aliphatic rings. The van der Waals surface area contributed by atoms with Crippen LogP contribution in [-0.2, 0) is 14.4 Å². The molecule has 0 atom stereocenters. The van der Waals surface area contributed by atoms with E-state index >= 15 is 0 Å². The second-order valence-electron chi connectivity index (χ2n) is 6.76. The molecule has 0 aromatic heterocycles. The third-order valence-electron chi connectivity index (χ3n) is 4.64. The van der Waals surface area contributed by atoms with Gasteiger partial charge in [0.2, 0.25) is 5.91 Å². The first-order chi connectivity index (χ1) is 13.4. The van der Waals surface area contributed by atoms with E-state index in [-0.39, 0.29) is 5.91 Å². The summed E-state index contributed by atoms with van der Waals surface area (Å²) >= 11 is 0. The molecular formula is C21H23N3O4. The van der Waals surface area contributed by atoms with Crippen LogP contribution in [0, 0.1) is 13.8 Å². The Morgan fingerprint density at radius 3 is 2.46 bits per heavy atom. The standard InChI is InChI=1S/C21H23N3O4/c1-13-6-9-18(28-3)16(11-13)23-21(27)20(26)22-15-8-7-14(2)17(12-15)24-10-4-5-19(24)25/h6-9,11-12H,4-5,10H2,1-3H3,(H,22,26)(H,23,27). The van der Waals surface area contributed by atoms with Crippen molar-refractivity contribution < 1.29 is 19.1 Å². The first kappa shape index (κ1) is 19.4. The molecule has 0 bridgehead atoms. The summed E-state index contributed by atoms with van der Waals surface area (Å²) in [6, 6.07) is 10.5. The minimum Gasteiger partial charge on any atom is -0.495 e. The van der Waals surface area contributed by atoms with E-state index in [1.165, 1.54) is 7.11 Å². The molecule has 3 amide bonds. The summed E-state index contributed by atoms with van der Waals surface area (Å²) in [5, 5.41) is 5.16. The average molecular weight is 381 g/mol. The number of carbonyl (C=O) groups is 3. The van der Waals surface area contributed by atoms with Crippen LogP contribution in [0.2, 0.25) is 0 Å². The van der Waals surface area contributed by atoms with Gasteiger partial charge in [0.15, 0.2) is 0 Å². The summed E-state index contributed by atoms with van der Waals surface area (Å²) in [6.07, 6.45) is 1.34. The Labute approximate surface area is 163 Å². The Kier molecular flexibility index (Phi) is 5.63. The number of ether oxygens (including phenoxy) is 1. The van der Waals surface area contributed by atoms with E-state index in [2.05, 4.69) is 10.6 Å². The van der Waals surface area contributed by atoms with Crippen LogP contribution in [0.5, 0.6) is 5.75 Å². The van der Waals surface area contributed by atoms with Gasteiger partial charge in [-0.15, -0.1) is 0 Å².